The molecule has 100 valence electrons. The summed E-state index contributed by atoms with van der Waals surface area (Å²) in [7, 11) is 0. The zero-order valence-electron chi connectivity index (χ0n) is 9.89. The molecule has 1 aromatic rings. The molecule has 0 saturated carbocycles. The molecule has 1 fully saturated rings. The van der Waals surface area contributed by atoms with Gasteiger partial charge in [0, 0.05) is 16.7 Å². The molecule has 3 amide bonds. The lowest BCUT2D eigenvalue weighted by atomic mass is 10.2. The molecule has 0 unspecified atom stereocenters. The number of rotatable bonds is 3. The van der Waals surface area contributed by atoms with Crippen LogP contribution in [-0.4, -0.2) is 42.5 Å². The van der Waals surface area contributed by atoms with Gasteiger partial charge in [-0.25, -0.2) is 9.59 Å². The zero-order chi connectivity index (χ0) is 13.8. The highest BCUT2D eigenvalue weighted by atomic mass is 127. The molecule has 1 N–H and O–H groups in total. The van der Waals surface area contributed by atoms with Gasteiger partial charge in [-0.05, 0) is 34.7 Å². The van der Waals surface area contributed by atoms with E-state index in [0.29, 0.717) is 18.7 Å². The highest BCUT2D eigenvalue weighted by Crippen LogP contribution is 2.12. The molecular formula is C12H11IN2O4. The molecule has 1 saturated heterocycles. The molecule has 0 spiro atoms. The van der Waals surface area contributed by atoms with Crippen molar-refractivity contribution in [1.29, 1.82) is 0 Å². The molecule has 19 heavy (non-hydrogen) atoms. The number of ether oxygens (including phenoxy) is 1. The third-order valence-corrected chi connectivity index (χ3v) is 3.52. The Bertz CT molecular complexity index is 532. The highest BCUT2D eigenvalue weighted by molar-refractivity contribution is 14.1. The third kappa shape index (κ3) is 3.22. The first kappa shape index (κ1) is 13.8. The summed E-state index contributed by atoms with van der Waals surface area (Å²) in [6, 6.07) is 6.46. The van der Waals surface area contributed by atoms with E-state index in [9.17, 15) is 14.4 Å². The smallest absolute Gasteiger partial charge is 0.339 e. The average molecular weight is 374 g/mol. The van der Waals surface area contributed by atoms with Gasteiger partial charge in [-0.1, -0.05) is 12.1 Å². The Morgan fingerprint density at radius 3 is 2.74 bits per heavy atom. The van der Waals surface area contributed by atoms with Crippen molar-refractivity contribution in [2.45, 2.75) is 0 Å². The normalized spacial score (nSPS) is 14.2. The minimum atomic E-state index is -0.571. The summed E-state index contributed by atoms with van der Waals surface area (Å²) in [5.74, 6) is -1.09. The number of urea groups is 1. The molecule has 1 aromatic carbocycles. The number of benzene rings is 1. The molecule has 0 aromatic heterocycles. The number of esters is 1. The average Bonchev–Trinajstić information content (AvgIpc) is 2.82. The first-order chi connectivity index (χ1) is 9.09. The Morgan fingerprint density at radius 2 is 2.11 bits per heavy atom. The molecule has 1 aliphatic heterocycles. The number of amides is 3. The van der Waals surface area contributed by atoms with Gasteiger partial charge in [0.1, 0.15) is 0 Å². The Labute approximate surface area is 123 Å². The fraction of sp³-hybridized carbons (Fsp3) is 0.250. The van der Waals surface area contributed by atoms with Crippen molar-refractivity contribution < 1.29 is 19.1 Å². The van der Waals surface area contributed by atoms with E-state index in [1.807, 2.05) is 22.6 Å². The van der Waals surface area contributed by atoms with Crippen molar-refractivity contribution in [1.82, 2.24) is 10.2 Å². The number of nitrogens with zero attached hydrogens (tertiary/aromatic N) is 1. The van der Waals surface area contributed by atoms with Crippen molar-refractivity contribution in [2.75, 3.05) is 19.7 Å². The first-order valence-corrected chi connectivity index (χ1v) is 6.67. The van der Waals surface area contributed by atoms with Crippen LogP contribution in [0.2, 0.25) is 0 Å². The van der Waals surface area contributed by atoms with Gasteiger partial charge >= 0.3 is 12.0 Å². The van der Waals surface area contributed by atoms with Crippen LogP contribution in [0.5, 0.6) is 0 Å². The van der Waals surface area contributed by atoms with Crippen LogP contribution in [0.25, 0.3) is 0 Å². The van der Waals surface area contributed by atoms with E-state index in [1.54, 1.807) is 24.3 Å². The van der Waals surface area contributed by atoms with Gasteiger partial charge in [-0.2, -0.15) is 0 Å². The van der Waals surface area contributed by atoms with Crippen LogP contribution in [0.1, 0.15) is 10.4 Å². The summed E-state index contributed by atoms with van der Waals surface area (Å²) < 4.78 is 5.66. The predicted octanol–water partition coefficient (Wildman–Crippen LogP) is 1.000. The van der Waals surface area contributed by atoms with Crippen LogP contribution in [0.15, 0.2) is 24.3 Å². The van der Waals surface area contributed by atoms with Crippen LogP contribution in [0.4, 0.5) is 4.79 Å². The molecular weight excluding hydrogens is 363 g/mol. The van der Waals surface area contributed by atoms with Gasteiger partial charge < -0.3 is 10.1 Å². The lowest BCUT2D eigenvalue weighted by Gasteiger charge is -2.12. The van der Waals surface area contributed by atoms with E-state index in [-0.39, 0.29) is 0 Å². The van der Waals surface area contributed by atoms with Crippen LogP contribution in [-0.2, 0) is 9.53 Å². The summed E-state index contributed by atoms with van der Waals surface area (Å²) in [5.41, 5.74) is 0.404. The Kier molecular flexibility index (Phi) is 4.35. The summed E-state index contributed by atoms with van der Waals surface area (Å²) in [6.45, 7) is 0.296. The van der Waals surface area contributed by atoms with Crippen molar-refractivity contribution >= 4 is 40.5 Å². The van der Waals surface area contributed by atoms with Gasteiger partial charge in [0.2, 0.25) is 0 Å². The lowest BCUT2D eigenvalue weighted by Crippen LogP contribution is -2.37. The lowest BCUT2D eigenvalue weighted by molar-refractivity contribution is -0.130. The predicted molar refractivity (Wildman–Crippen MR) is 74.6 cm³/mol. The highest BCUT2D eigenvalue weighted by Gasteiger charge is 2.27. The maximum absolute atomic E-state index is 11.8. The van der Waals surface area contributed by atoms with E-state index in [4.69, 9.17) is 4.74 Å². The van der Waals surface area contributed by atoms with Gasteiger partial charge in [-0.15, -0.1) is 0 Å². The number of carbonyl (C=O) groups excluding carboxylic acids is 3. The Hall–Kier alpha value is -1.64. The maximum atomic E-state index is 11.8. The number of imide groups is 1. The zero-order valence-corrected chi connectivity index (χ0v) is 12.0. The van der Waals surface area contributed by atoms with E-state index < -0.39 is 24.5 Å². The number of nitrogens with one attached hydrogen (secondary N) is 1. The summed E-state index contributed by atoms with van der Waals surface area (Å²) in [5, 5.41) is 2.50. The van der Waals surface area contributed by atoms with Crippen LogP contribution < -0.4 is 5.32 Å². The molecule has 0 bridgehead atoms. The monoisotopic (exact) mass is 374 g/mol. The molecule has 2 rings (SSSR count). The van der Waals surface area contributed by atoms with Crippen LogP contribution in [0.3, 0.4) is 0 Å². The van der Waals surface area contributed by atoms with Crippen molar-refractivity contribution in [3.05, 3.63) is 33.4 Å². The van der Waals surface area contributed by atoms with Crippen LogP contribution in [0, 0.1) is 3.57 Å². The van der Waals surface area contributed by atoms with Gasteiger partial charge in [0.25, 0.3) is 5.91 Å². The number of carbonyl (C=O) groups is 3. The fourth-order valence-electron chi connectivity index (χ4n) is 1.62. The molecule has 0 radical (unpaired) electrons. The Morgan fingerprint density at radius 1 is 1.37 bits per heavy atom. The van der Waals surface area contributed by atoms with E-state index in [1.165, 1.54) is 0 Å². The van der Waals surface area contributed by atoms with Crippen molar-refractivity contribution in [2.24, 2.45) is 0 Å². The summed E-state index contributed by atoms with van der Waals surface area (Å²) in [6.07, 6.45) is 0. The third-order valence-electron chi connectivity index (χ3n) is 2.58. The van der Waals surface area contributed by atoms with Crippen molar-refractivity contribution in [3.8, 4) is 0 Å². The van der Waals surface area contributed by atoms with Crippen LogP contribution >= 0.6 is 22.6 Å². The minimum Gasteiger partial charge on any atom is -0.452 e. The van der Waals surface area contributed by atoms with E-state index in [2.05, 4.69) is 5.32 Å². The minimum absolute atomic E-state index is 0.304. The molecule has 1 heterocycles. The maximum Gasteiger partial charge on any atom is 0.339 e. The van der Waals surface area contributed by atoms with Gasteiger partial charge in [-0.3, -0.25) is 9.69 Å². The number of hydrogen-bond acceptors (Lipinski definition) is 4. The van der Waals surface area contributed by atoms with Crippen molar-refractivity contribution in [3.63, 3.8) is 0 Å². The topological polar surface area (TPSA) is 75.7 Å². The van der Waals surface area contributed by atoms with E-state index >= 15 is 0 Å². The first-order valence-electron chi connectivity index (χ1n) is 5.59. The standard InChI is InChI=1S/C12H11IN2O4/c13-9-4-2-1-3-8(9)11(17)19-7-10(16)15-6-5-14-12(15)18/h1-4H,5-7H2,(H,14,18). The second-order valence-electron chi connectivity index (χ2n) is 3.83. The quantitative estimate of drug-likeness (QED) is 0.633. The largest absolute Gasteiger partial charge is 0.452 e. The summed E-state index contributed by atoms with van der Waals surface area (Å²) in [4.78, 5) is 35.7. The molecule has 1 aliphatic rings. The molecule has 0 atom stereocenters. The molecule has 6 nitrogen and oxygen atoms in total. The second-order valence-corrected chi connectivity index (χ2v) is 5.00. The molecule has 7 heteroatoms. The summed E-state index contributed by atoms with van der Waals surface area (Å²) >= 11 is 2.01. The van der Waals surface area contributed by atoms with E-state index in [0.717, 1.165) is 8.47 Å². The fourth-order valence-corrected chi connectivity index (χ4v) is 2.23. The second kappa shape index (κ2) is 6.00. The molecule has 0 aliphatic carbocycles. The number of halogens is 1. The number of hydrogen-bond donors (Lipinski definition) is 1. The van der Waals surface area contributed by atoms with Gasteiger partial charge in [0.05, 0.1) is 5.56 Å². The Balaban J connectivity index is 1.92. The SMILES string of the molecule is O=C(OCC(=O)N1CCNC1=O)c1ccccc1I. The van der Waals surface area contributed by atoms with Gasteiger partial charge in [0.15, 0.2) is 6.61 Å².